The third-order valence-corrected chi connectivity index (χ3v) is 18.6. The predicted molar refractivity (Wildman–Crippen MR) is 341 cm³/mol. The lowest BCUT2D eigenvalue weighted by Crippen LogP contribution is -2.68. The quantitative estimate of drug-likeness (QED) is 0.0127. The molecule has 580 valence electrons. The summed E-state index contributed by atoms with van der Waals surface area (Å²) in [5, 5.41) is 155. The lowest BCUT2D eigenvalue weighted by Gasteiger charge is -2.50. The Morgan fingerprint density at radius 1 is 0.417 bits per heavy atom. The normalized spacial score (nSPS) is 39.1. The van der Waals surface area contributed by atoms with E-state index in [0.29, 0.717) is 57.7 Å². The van der Waals surface area contributed by atoms with Crippen molar-refractivity contribution in [2.45, 2.75) is 197 Å². The first-order valence-corrected chi connectivity index (χ1v) is 34.2. The lowest BCUT2D eigenvalue weighted by molar-refractivity contribution is -0.387. The highest BCUT2D eigenvalue weighted by Gasteiger charge is 2.58. The minimum atomic E-state index is -2.23. The first-order valence-electron chi connectivity index (χ1n) is 33.0. The van der Waals surface area contributed by atoms with Crippen molar-refractivity contribution in [1.82, 2.24) is 5.32 Å². The van der Waals surface area contributed by atoms with Crippen LogP contribution in [0.3, 0.4) is 0 Å². The molecule has 22 fully saturated rings. The molecule has 49 heteroatoms. The number of aliphatic hydroxyl groups is 11. The van der Waals surface area contributed by atoms with E-state index >= 15 is 0 Å². The maximum atomic E-state index is 12.6. The number of nitrogens with zero attached hydrogens (tertiary/aromatic N) is 18. The smallest absolute Gasteiger partial charge is 0.222 e. The van der Waals surface area contributed by atoms with Gasteiger partial charge in [-0.15, -0.1) is 0 Å². The first kappa shape index (κ1) is 84.8. The molecule has 30 atom stereocenters. The van der Waals surface area contributed by atoms with E-state index in [1.807, 2.05) is 0 Å². The fourth-order valence-electron chi connectivity index (χ4n) is 12.4. The number of carbonyl (C=O) groups excluding carboxylic acids is 1. The van der Waals surface area contributed by atoms with Crippen molar-refractivity contribution < 1.29 is 137 Å². The van der Waals surface area contributed by atoms with Crippen LogP contribution >= 0.6 is 11.8 Å². The van der Waals surface area contributed by atoms with Crippen molar-refractivity contribution in [2.24, 2.45) is 42.3 Å². The summed E-state index contributed by atoms with van der Waals surface area (Å²) in [6, 6.07) is 0. The third-order valence-electron chi connectivity index (χ3n) is 17.6. The summed E-state index contributed by atoms with van der Waals surface area (Å²) in [4.78, 5) is 29.2. The summed E-state index contributed by atoms with van der Waals surface area (Å²) in [5.41, 5.74) is 62.2. The molecule has 0 aromatic rings. The Hall–Kier alpha value is -5.44. The molecule has 0 spiro atoms. The van der Waals surface area contributed by atoms with Crippen molar-refractivity contribution in [2.75, 3.05) is 130 Å². The van der Waals surface area contributed by atoms with E-state index < -0.39 is 236 Å². The summed E-state index contributed by atoms with van der Waals surface area (Å²) in [5.74, 6) is -0.849. The van der Waals surface area contributed by atoms with Gasteiger partial charge in [-0.1, -0.05) is 30.7 Å². The van der Waals surface area contributed by atoms with Crippen molar-refractivity contribution in [3.8, 4) is 0 Å². The second-order valence-electron chi connectivity index (χ2n) is 24.2. The lowest BCUT2D eigenvalue weighted by atomic mass is 9.81. The van der Waals surface area contributed by atoms with E-state index in [2.05, 4.69) is 65.5 Å². The van der Waals surface area contributed by atoms with E-state index in [1.165, 1.54) is 11.8 Å². The Morgan fingerprint density at radius 3 is 1.29 bits per heavy atom. The van der Waals surface area contributed by atoms with Gasteiger partial charge in [0.1, 0.15) is 104 Å². The summed E-state index contributed by atoms with van der Waals surface area (Å²) >= 11 is 1.40. The largest absolute Gasteiger partial charge is 0.390 e. The van der Waals surface area contributed by atoms with Crippen LogP contribution in [0, 0.1) is 5.92 Å². The van der Waals surface area contributed by atoms with Crippen LogP contribution in [0.1, 0.15) is 19.3 Å². The number of azide groups is 6. The molecule has 0 aliphatic carbocycles. The van der Waals surface area contributed by atoms with Crippen LogP contribution in [0.25, 0.3) is 62.7 Å². The highest BCUT2D eigenvalue weighted by molar-refractivity contribution is 7.99. The van der Waals surface area contributed by atoms with Gasteiger partial charge in [0.25, 0.3) is 0 Å². The number of ether oxygens (including phenoxy) is 16. The van der Waals surface area contributed by atoms with Gasteiger partial charge >= 0.3 is 0 Å². The molecular weight excluding hydrogens is 1410 g/mol. The number of aliphatic hydroxyl groups excluding tert-OH is 11. The number of amides is 1. The zero-order chi connectivity index (χ0) is 74.4. The molecule has 22 saturated heterocycles. The summed E-state index contributed by atoms with van der Waals surface area (Å²) in [7, 11) is 0. The number of nitrogens with one attached hydrogen (secondary N) is 1. The van der Waals surface area contributed by atoms with E-state index in [-0.39, 0.29) is 45.1 Å². The van der Waals surface area contributed by atoms with Gasteiger partial charge in [0, 0.05) is 67.3 Å². The van der Waals surface area contributed by atoms with Crippen molar-refractivity contribution in [3.05, 3.63) is 62.7 Å². The molecule has 30 unspecified atom stereocenters. The Bertz CT molecular complexity index is 2880. The topological polar surface area (TPSA) is 718 Å². The fourth-order valence-corrected chi connectivity index (χ4v) is 13.2. The van der Waals surface area contributed by atoms with Crippen molar-refractivity contribution in [1.29, 1.82) is 0 Å². The zero-order valence-electron chi connectivity index (χ0n) is 55.5. The summed E-state index contributed by atoms with van der Waals surface area (Å²) < 4.78 is 95.2. The Labute approximate surface area is 590 Å². The number of rotatable bonds is 34. The maximum Gasteiger partial charge on any atom is 0.222 e. The maximum absolute atomic E-state index is 12.6. The van der Waals surface area contributed by atoms with Gasteiger partial charge in [0.05, 0.1) is 148 Å². The molecule has 48 nitrogen and oxygen atoms in total. The molecule has 22 rings (SSSR count). The van der Waals surface area contributed by atoms with E-state index in [1.54, 1.807) is 0 Å². The van der Waals surface area contributed by atoms with Crippen LogP contribution in [0.2, 0.25) is 0 Å². The van der Waals surface area contributed by atoms with E-state index in [0.717, 1.165) is 0 Å². The first-order chi connectivity index (χ1) is 49.9. The summed E-state index contributed by atoms with van der Waals surface area (Å²) in [6.07, 6.45) is -54.8. The predicted octanol–water partition coefficient (Wildman–Crippen LogP) is -3.76. The van der Waals surface area contributed by atoms with Crippen LogP contribution in [-0.2, 0) is 80.6 Å². The van der Waals surface area contributed by atoms with Crippen LogP contribution in [-0.4, -0.2) is 370 Å². The van der Waals surface area contributed by atoms with Gasteiger partial charge in [-0.05, 0) is 51.8 Å². The van der Waals surface area contributed by atoms with Gasteiger partial charge in [-0.2, -0.15) is 11.8 Å². The molecule has 0 aromatic heterocycles. The molecule has 1 amide bonds. The van der Waals surface area contributed by atoms with E-state index in [4.69, 9.17) is 81.5 Å². The molecular formula is C54H90N20O28S. The third kappa shape index (κ3) is 24.0. The van der Waals surface area contributed by atoms with Crippen molar-refractivity contribution in [3.63, 3.8) is 0 Å². The number of nitrogens with two attached hydrogens (primary N) is 1. The van der Waals surface area contributed by atoms with Crippen LogP contribution < -0.4 is 11.1 Å². The monoisotopic (exact) mass is 1500 g/mol. The number of hydrogen-bond acceptors (Lipinski definition) is 36. The Balaban J connectivity index is 1.15. The highest BCUT2D eigenvalue weighted by atomic mass is 32.2. The number of thioether (sulfide) groups is 1. The highest BCUT2D eigenvalue weighted by Crippen LogP contribution is 2.40. The molecule has 103 heavy (non-hydrogen) atoms. The number of hydrogen-bond donors (Lipinski definition) is 13. The molecule has 0 aromatic carbocycles. The second-order valence-corrected chi connectivity index (χ2v) is 25.4. The minimum Gasteiger partial charge on any atom is -0.390 e. The van der Waals surface area contributed by atoms with Gasteiger partial charge in [-0.25, -0.2) is 0 Å². The van der Waals surface area contributed by atoms with Gasteiger partial charge in [0.2, 0.25) is 5.91 Å². The van der Waals surface area contributed by atoms with Crippen LogP contribution in [0.4, 0.5) is 0 Å². The Kier molecular flexibility index (Phi) is 36.8. The van der Waals surface area contributed by atoms with Crippen LogP contribution in [0.5, 0.6) is 0 Å². The van der Waals surface area contributed by atoms with Gasteiger partial charge in [0.15, 0.2) is 25.2 Å². The Morgan fingerprint density at radius 2 is 0.796 bits per heavy atom. The number of carbonyl (C=O) groups is 1. The molecule has 0 saturated carbocycles. The standard InChI is InChI=1S/C54H90N20O28S/c55-3-7-88-9-11-90-13-12-89-10-8-87-6-2-33(75)62-4-15-103-14-1-5-91-50-44(86)54-98-31(22-68-74-61)49(50)102-53-43(85)40(82)47(29(97-53)20-66-72-59)100-51-41(83)34(76)24(26(95-51)17-63-69-56)16-25-35(77)37(79)45(27(93-25)18-64-70-57)92-23-32-36(78)38(80)46(28(94-32)19-65-71-58)99-52-42(84)39(81)48(101-54)30(96-52)21-67-73-60/h24-32,34-54,76-86H,1-23,55H2,(H,62,75). The van der Waals surface area contributed by atoms with Gasteiger partial charge < -0.3 is 143 Å². The van der Waals surface area contributed by atoms with Crippen molar-refractivity contribution >= 4 is 17.7 Å². The molecule has 0 radical (unpaired) electrons. The fraction of sp³-hybridized carbons (Fsp3) is 0.981. The second kappa shape index (κ2) is 44.6. The SMILES string of the molecule is [N-]=[N+]=NCC1OC2OC3C(CN=[N+]=[N-])OC(OC4C(CN=[N+]=[N-])OC(OC5C(CN=[N+]=[N-])OC(OC6C(CN=[N+]=[N-])OC(COC7C(CN=[N+]=[N-])OC(CC1C(O)C2O)C(O)C7O)C(O)C6O)C(O)C5O)C(O)C4OCCCSCCNC(=O)CCOCCOCCOCCOCCN)C(O)C3O. The molecule has 22 aliphatic rings. The molecule has 22 aliphatic heterocycles. The van der Waals surface area contributed by atoms with Crippen LogP contribution in [0.15, 0.2) is 30.7 Å². The average Bonchev–Trinajstić information content (AvgIpc) is 0.831. The average molecular weight is 1500 g/mol. The minimum absolute atomic E-state index is 0.0799. The molecule has 22 heterocycles. The molecule has 12 bridgehead atoms. The van der Waals surface area contributed by atoms with Gasteiger partial charge in [-0.3, -0.25) is 4.79 Å². The van der Waals surface area contributed by atoms with E-state index in [9.17, 15) is 94.2 Å². The zero-order valence-corrected chi connectivity index (χ0v) is 56.3. The summed E-state index contributed by atoms with van der Waals surface area (Å²) in [6.45, 7) is -1.66. The molecule has 14 N–H and O–H groups in total.